The third-order valence-corrected chi connectivity index (χ3v) is 4.46. The van der Waals surface area contributed by atoms with Gasteiger partial charge in [-0.15, -0.1) is 0 Å². The van der Waals surface area contributed by atoms with Gasteiger partial charge >= 0.3 is 0 Å². The standard InChI is InChI=1S/C16H25NO2.C3H8O3.C2H6/c1-17(14-7-5-4-6-8-14)12-13-9-15(18-2)11-16(10-13)19-3;4-1-3(6)2-5;1-2/h9-11,14H,4-8,12H2,1-3H3;3-6H,1-2H2;1-2H3. The molecule has 0 spiro atoms. The number of aliphatic hydroxyl groups is 3. The fourth-order valence-electron chi connectivity index (χ4n) is 2.95. The van der Waals surface area contributed by atoms with Crippen molar-refractivity contribution in [2.75, 3.05) is 34.5 Å². The van der Waals surface area contributed by atoms with Gasteiger partial charge in [0, 0.05) is 18.7 Å². The van der Waals surface area contributed by atoms with Crippen LogP contribution in [0.3, 0.4) is 0 Å². The molecule has 0 heterocycles. The summed E-state index contributed by atoms with van der Waals surface area (Å²) < 4.78 is 10.7. The Balaban J connectivity index is 0.000000722. The topological polar surface area (TPSA) is 82.4 Å². The molecule has 0 bridgehead atoms. The number of methoxy groups -OCH3 is 2. The van der Waals surface area contributed by atoms with Crippen molar-refractivity contribution in [1.82, 2.24) is 4.90 Å². The van der Waals surface area contributed by atoms with Gasteiger partial charge in [-0.25, -0.2) is 0 Å². The van der Waals surface area contributed by atoms with Gasteiger partial charge in [0.1, 0.15) is 17.6 Å². The summed E-state index contributed by atoms with van der Waals surface area (Å²) in [6, 6.07) is 6.85. The molecule has 0 radical (unpaired) electrons. The van der Waals surface area contributed by atoms with Crippen LogP contribution in [0.2, 0.25) is 0 Å². The molecular formula is C21H39NO5. The molecule has 6 heteroatoms. The summed E-state index contributed by atoms with van der Waals surface area (Å²) in [7, 11) is 5.62. The van der Waals surface area contributed by atoms with Crippen LogP contribution in [-0.4, -0.2) is 66.8 Å². The summed E-state index contributed by atoms with van der Waals surface area (Å²) in [6.07, 6.45) is 5.85. The van der Waals surface area contributed by atoms with Gasteiger partial charge in [-0.2, -0.15) is 0 Å². The lowest BCUT2D eigenvalue weighted by Crippen LogP contribution is -2.32. The lowest BCUT2D eigenvalue weighted by molar-refractivity contribution is 0.0450. The smallest absolute Gasteiger partial charge is 0.122 e. The van der Waals surface area contributed by atoms with Crippen molar-refractivity contribution in [2.45, 2.75) is 64.6 Å². The predicted octanol–water partition coefficient (Wildman–Crippen LogP) is 2.83. The maximum atomic E-state index is 8.17. The van der Waals surface area contributed by atoms with E-state index in [1.165, 1.54) is 37.7 Å². The number of hydrogen-bond donors (Lipinski definition) is 3. The summed E-state index contributed by atoms with van der Waals surface area (Å²) >= 11 is 0. The zero-order valence-electron chi connectivity index (χ0n) is 17.6. The molecule has 1 saturated carbocycles. The first-order valence-electron chi connectivity index (χ1n) is 9.86. The predicted molar refractivity (Wildman–Crippen MR) is 109 cm³/mol. The molecule has 0 amide bonds. The minimum atomic E-state index is -0.954. The lowest BCUT2D eigenvalue weighted by atomic mass is 9.94. The molecule has 1 fully saturated rings. The van der Waals surface area contributed by atoms with Crippen molar-refractivity contribution in [3.63, 3.8) is 0 Å². The minimum Gasteiger partial charge on any atom is -0.497 e. The van der Waals surface area contributed by atoms with Crippen LogP contribution in [0.5, 0.6) is 11.5 Å². The Kier molecular flexibility index (Phi) is 14.9. The van der Waals surface area contributed by atoms with Crippen LogP contribution >= 0.6 is 0 Å². The third-order valence-electron chi connectivity index (χ3n) is 4.46. The Labute approximate surface area is 164 Å². The Morgan fingerprint density at radius 3 is 1.81 bits per heavy atom. The highest BCUT2D eigenvalue weighted by atomic mass is 16.5. The van der Waals surface area contributed by atoms with E-state index in [0.29, 0.717) is 0 Å². The van der Waals surface area contributed by atoms with E-state index in [1.54, 1.807) is 14.2 Å². The quantitative estimate of drug-likeness (QED) is 0.670. The Hall–Kier alpha value is -1.34. The lowest BCUT2D eigenvalue weighted by Gasteiger charge is -2.31. The molecule has 158 valence electrons. The van der Waals surface area contributed by atoms with Gasteiger partial charge in [-0.05, 0) is 37.6 Å². The van der Waals surface area contributed by atoms with Gasteiger partial charge in [-0.1, -0.05) is 33.1 Å². The van der Waals surface area contributed by atoms with Gasteiger partial charge in [-0.3, -0.25) is 4.90 Å². The number of aliphatic hydroxyl groups excluding tert-OH is 3. The molecular weight excluding hydrogens is 346 g/mol. The SMILES string of the molecule is CC.COc1cc(CN(C)C2CCCCC2)cc(OC)c1.OCC(O)CO. The van der Waals surface area contributed by atoms with E-state index in [0.717, 1.165) is 24.1 Å². The van der Waals surface area contributed by atoms with E-state index in [9.17, 15) is 0 Å². The number of benzene rings is 1. The highest BCUT2D eigenvalue weighted by Crippen LogP contribution is 2.26. The summed E-state index contributed by atoms with van der Waals surface area (Å²) in [6.45, 7) is 4.23. The Bertz CT molecular complexity index is 451. The molecule has 1 aliphatic carbocycles. The van der Waals surface area contributed by atoms with Crippen molar-refractivity contribution in [3.8, 4) is 11.5 Å². The summed E-state index contributed by atoms with van der Waals surface area (Å²) in [5, 5.41) is 24.0. The molecule has 1 aromatic rings. The van der Waals surface area contributed by atoms with Gasteiger partial charge in [0.15, 0.2) is 0 Å². The largest absolute Gasteiger partial charge is 0.497 e. The van der Waals surface area contributed by atoms with Gasteiger partial charge in [0.05, 0.1) is 27.4 Å². The van der Waals surface area contributed by atoms with Crippen LogP contribution in [0, 0.1) is 0 Å². The third kappa shape index (κ3) is 10.5. The van der Waals surface area contributed by atoms with E-state index in [2.05, 4.69) is 24.1 Å². The molecule has 27 heavy (non-hydrogen) atoms. The fourth-order valence-corrected chi connectivity index (χ4v) is 2.95. The molecule has 0 aliphatic heterocycles. The second-order valence-corrected chi connectivity index (χ2v) is 6.45. The van der Waals surface area contributed by atoms with Crippen LogP contribution in [0.15, 0.2) is 18.2 Å². The average molecular weight is 386 g/mol. The van der Waals surface area contributed by atoms with Crippen LogP contribution in [0.25, 0.3) is 0 Å². The maximum absolute atomic E-state index is 8.17. The summed E-state index contributed by atoms with van der Waals surface area (Å²) in [5.74, 6) is 1.73. The fraction of sp³-hybridized carbons (Fsp3) is 0.714. The number of ether oxygens (including phenoxy) is 2. The minimum absolute atomic E-state index is 0.365. The first-order valence-corrected chi connectivity index (χ1v) is 9.86. The molecule has 0 unspecified atom stereocenters. The molecule has 1 aromatic carbocycles. The molecule has 0 aromatic heterocycles. The summed E-state index contributed by atoms with van der Waals surface area (Å²) in [5.41, 5.74) is 1.25. The van der Waals surface area contributed by atoms with Crippen molar-refractivity contribution in [1.29, 1.82) is 0 Å². The van der Waals surface area contributed by atoms with Crippen molar-refractivity contribution in [3.05, 3.63) is 23.8 Å². The van der Waals surface area contributed by atoms with E-state index in [-0.39, 0.29) is 13.2 Å². The van der Waals surface area contributed by atoms with Gasteiger partial charge in [0.2, 0.25) is 0 Å². The maximum Gasteiger partial charge on any atom is 0.122 e. The van der Waals surface area contributed by atoms with E-state index in [4.69, 9.17) is 24.8 Å². The van der Waals surface area contributed by atoms with Crippen molar-refractivity contribution < 1.29 is 24.8 Å². The Morgan fingerprint density at radius 2 is 1.44 bits per heavy atom. The molecule has 0 saturated heterocycles. The second kappa shape index (κ2) is 15.7. The number of nitrogens with zero attached hydrogens (tertiary/aromatic N) is 1. The highest BCUT2D eigenvalue weighted by molar-refractivity contribution is 5.38. The monoisotopic (exact) mass is 385 g/mol. The second-order valence-electron chi connectivity index (χ2n) is 6.45. The van der Waals surface area contributed by atoms with E-state index in [1.807, 2.05) is 19.9 Å². The van der Waals surface area contributed by atoms with Crippen molar-refractivity contribution in [2.24, 2.45) is 0 Å². The van der Waals surface area contributed by atoms with Gasteiger partial charge in [0.25, 0.3) is 0 Å². The van der Waals surface area contributed by atoms with Gasteiger partial charge < -0.3 is 24.8 Å². The molecule has 1 aliphatic rings. The Morgan fingerprint density at radius 1 is 0.963 bits per heavy atom. The van der Waals surface area contributed by atoms with Crippen LogP contribution in [0.4, 0.5) is 0 Å². The van der Waals surface area contributed by atoms with E-state index >= 15 is 0 Å². The molecule has 3 N–H and O–H groups in total. The van der Waals surface area contributed by atoms with Crippen LogP contribution in [0.1, 0.15) is 51.5 Å². The zero-order chi connectivity index (χ0) is 20.7. The first-order chi connectivity index (χ1) is 13.0. The average Bonchev–Trinajstić information content (AvgIpc) is 2.75. The normalized spacial score (nSPS) is 14.1. The summed E-state index contributed by atoms with van der Waals surface area (Å²) in [4.78, 5) is 2.47. The number of hydrogen-bond acceptors (Lipinski definition) is 6. The first kappa shape index (κ1) is 25.7. The van der Waals surface area contributed by atoms with Crippen molar-refractivity contribution >= 4 is 0 Å². The number of rotatable bonds is 7. The zero-order valence-corrected chi connectivity index (χ0v) is 17.6. The highest BCUT2D eigenvalue weighted by Gasteiger charge is 2.18. The van der Waals surface area contributed by atoms with Crippen LogP contribution in [-0.2, 0) is 6.54 Å². The van der Waals surface area contributed by atoms with Crippen LogP contribution < -0.4 is 9.47 Å². The molecule has 2 rings (SSSR count). The molecule has 0 atom stereocenters. The van der Waals surface area contributed by atoms with E-state index < -0.39 is 6.10 Å². The molecule has 6 nitrogen and oxygen atoms in total.